The molecule has 3 rings (SSSR count). The molecular weight excluding hydrogens is 376 g/mol. The van der Waals surface area contributed by atoms with E-state index in [1.807, 2.05) is 25.1 Å². The van der Waals surface area contributed by atoms with Gasteiger partial charge in [0, 0.05) is 22.6 Å². The van der Waals surface area contributed by atoms with E-state index in [-0.39, 0.29) is 27.8 Å². The fourth-order valence-electron chi connectivity index (χ4n) is 2.61. The molecule has 6 nitrogen and oxygen atoms in total. The van der Waals surface area contributed by atoms with E-state index in [0.717, 1.165) is 10.9 Å². The van der Waals surface area contributed by atoms with Gasteiger partial charge >= 0.3 is 0 Å². The summed E-state index contributed by atoms with van der Waals surface area (Å²) in [6.07, 6.45) is 0. The normalized spacial score (nSPS) is 11.7. The van der Waals surface area contributed by atoms with E-state index < -0.39 is 10.0 Å². The Morgan fingerprint density at radius 3 is 2.65 bits per heavy atom. The summed E-state index contributed by atoms with van der Waals surface area (Å²) in [5.41, 5.74) is 1.71. The van der Waals surface area contributed by atoms with Gasteiger partial charge in [-0.3, -0.25) is 4.79 Å². The van der Waals surface area contributed by atoms with E-state index in [1.165, 1.54) is 25.3 Å². The highest BCUT2D eigenvalue weighted by atomic mass is 35.5. The fourth-order valence-corrected chi connectivity index (χ4v) is 4.05. The smallest absolute Gasteiger partial charge is 0.252 e. The second kappa shape index (κ2) is 7.11. The van der Waals surface area contributed by atoms with Gasteiger partial charge in [0.2, 0.25) is 10.0 Å². The molecule has 26 heavy (non-hydrogen) atoms. The maximum atomic E-state index is 12.6. The predicted octanol–water partition coefficient (Wildman–Crippen LogP) is 2.98. The van der Waals surface area contributed by atoms with Crippen LogP contribution in [0.3, 0.4) is 0 Å². The quantitative estimate of drug-likeness (QED) is 0.698. The van der Waals surface area contributed by atoms with Crippen molar-refractivity contribution in [2.45, 2.75) is 18.4 Å². The summed E-state index contributed by atoms with van der Waals surface area (Å²) in [7, 11) is -2.54. The Kier molecular flexibility index (Phi) is 5.04. The first-order chi connectivity index (χ1) is 12.3. The highest BCUT2D eigenvalue weighted by Crippen LogP contribution is 2.27. The summed E-state index contributed by atoms with van der Waals surface area (Å²) in [6.45, 7) is 1.79. The molecule has 0 fully saturated rings. The van der Waals surface area contributed by atoms with Crippen molar-refractivity contribution in [3.8, 4) is 5.75 Å². The minimum Gasteiger partial charge on any atom is -0.495 e. The number of fused-ring (bicyclic) bond motifs is 1. The molecule has 8 heteroatoms. The molecule has 0 saturated carbocycles. The molecule has 2 aromatic carbocycles. The molecule has 0 radical (unpaired) electrons. The van der Waals surface area contributed by atoms with Gasteiger partial charge < -0.3 is 9.72 Å². The van der Waals surface area contributed by atoms with Gasteiger partial charge in [-0.25, -0.2) is 13.1 Å². The molecular formula is C18H17ClN2O4S. The van der Waals surface area contributed by atoms with E-state index in [4.69, 9.17) is 16.3 Å². The maximum absolute atomic E-state index is 12.6. The lowest BCUT2D eigenvalue weighted by molar-refractivity contribution is 0.402. The van der Waals surface area contributed by atoms with Crippen molar-refractivity contribution in [1.82, 2.24) is 9.71 Å². The van der Waals surface area contributed by atoms with Gasteiger partial charge in [-0.1, -0.05) is 23.2 Å². The molecule has 0 spiro atoms. The van der Waals surface area contributed by atoms with Gasteiger partial charge in [0.15, 0.2) is 0 Å². The van der Waals surface area contributed by atoms with Crippen molar-refractivity contribution in [1.29, 1.82) is 0 Å². The largest absolute Gasteiger partial charge is 0.495 e. The topological polar surface area (TPSA) is 88.3 Å². The van der Waals surface area contributed by atoms with Crippen LogP contribution < -0.4 is 15.0 Å². The number of benzene rings is 2. The molecule has 0 saturated heterocycles. The Bertz CT molecular complexity index is 1140. The fraction of sp³-hybridized carbons (Fsp3) is 0.167. The van der Waals surface area contributed by atoms with Crippen LogP contribution in [0.15, 0.2) is 52.2 Å². The van der Waals surface area contributed by atoms with Gasteiger partial charge in [0.1, 0.15) is 10.6 Å². The Hall–Kier alpha value is -2.35. The number of halogens is 1. The van der Waals surface area contributed by atoms with E-state index in [1.54, 1.807) is 6.07 Å². The van der Waals surface area contributed by atoms with Crippen molar-refractivity contribution >= 4 is 32.5 Å². The molecule has 0 aliphatic carbocycles. The van der Waals surface area contributed by atoms with Crippen molar-refractivity contribution in [3.05, 3.63) is 69.0 Å². The minimum absolute atomic E-state index is 0.0828. The lowest BCUT2D eigenvalue weighted by atomic mass is 10.1. The maximum Gasteiger partial charge on any atom is 0.252 e. The van der Waals surface area contributed by atoms with Crippen LogP contribution >= 0.6 is 11.6 Å². The molecule has 0 bridgehead atoms. The number of hydrogen-bond donors (Lipinski definition) is 2. The molecule has 3 aromatic rings. The van der Waals surface area contributed by atoms with Crippen molar-refractivity contribution in [3.63, 3.8) is 0 Å². The minimum atomic E-state index is -3.91. The van der Waals surface area contributed by atoms with Crippen LogP contribution in [0.5, 0.6) is 5.75 Å². The average molecular weight is 393 g/mol. The number of methoxy groups -OCH3 is 1. The number of aromatic nitrogens is 1. The number of H-pyrrole nitrogens is 1. The summed E-state index contributed by atoms with van der Waals surface area (Å²) in [4.78, 5) is 14.9. The zero-order valence-electron chi connectivity index (χ0n) is 14.2. The van der Waals surface area contributed by atoms with E-state index >= 15 is 0 Å². The van der Waals surface area contributed by atoms with Crippen LogP contribution in [0.4, 0.5) is 0 Å². The predicted molar refractivity (Wildman–Crippen MR) is 101 cm³/mol. The molecule has 2 N–H and O–H groups in total. The molecule has 0 atom stereocenters. The summed E-state index contributed by atoms with van der Waals surface area (Å²) in [5.74, 6) is 0.171. The van der Waals surface area contributed by atoms with Gasteiger partial charge in [-0.15, -0.1) is 0 Å². The first-order valence-corrected chi connectivity index (χ1v) is 9.62. The zero-order chi connectivity index (χ0) is 18.9. The lowest BCUT2D eigenvalue weighted by Gasteiger charge is -2.11. The van der Waals surface area contributed by atoms with Crippen LogP contribution in [0.25, 0.3) is 10.9 Å². The standard InChI is InChI=1S/C18H17ClN2O4S/c1-11-3-5-15-12(7-11)8-13(18(22)21-15)10-20-26(23,24)17-9-14(19)4-6-16(17)25-2/h3-9,20H,10H2,1-2H3,(H,21,22). The SMILES string of the molecule is COc1ccc(Cl)cc1S(=O)(=O)NCc1cc2cc(C)ccc2[nH]c1=O. The Labute approximate surface area is 155 Å². The van der Waals surface area contributed by atoms with E-state index in [9.17, 15) is 13.2 Å². The molecule has 0 aliphatic rings. The number of ether oxygens (including phenoxy) is 1. The Morgan fingerprint density at radius 1 is 1.15 bits per heavy atom. The Morgan fingerprint density at radius 2 is 1.92 bits per heavy atom. The number of rotatable bonds is 5. The molecule has 0 amide bonds. The third-order valence-electron chi connectivity index (χ3n) is 3.94. The third-order valence-corrected chi connectivity index (χ3v) is 5.60. The number of sulfonamides is 1. The van der Waals surface area contributed by atoms with Crippen LogP contribution in [-0.4, -0.2) is 20.5 Å². The monoisotopic (exact) mass is 392 g/mol. The van der Waals surface area contributed by atoms with Gasteiger partial charge in [0.05, 0.1) is 7.11 Å². The first-order valence-electron chi connectivity index (χ1n) is 7.76. The summed E-state index contributed by atoms with van der Waals surface area (Å²) >= 11 is 5.90. The Balaban J connectivity index is 1.93. The van der Waals surface area contributed by atoms with E-state index in [0.29, 0.717) is 11.1 Å². The molecule has 1 heterocycles. The number of pyridine rings is 1. The van der Waals surface area contributed by atoms with Gasteiger partial charge in [-0.05, 0) is 48.7 Å². The van der Waals surface area contributed by atoms with Crippen LogP contribution in [-0.2, 0) is 16.6 Å². The van der Waals surface area contributed by atoms with Crippen molar-refractivity contribution in [2.75, 3.05) is 7.11 Å². The number of hydrogen-bond acceptors (Lipinski definition) is 4. The van der Waals surface area contributed by atoms with Crippen molar-refractivity contribution in [2.24, 2.45) is 0 Å². The number of aromatic amines is 1. The average Bonchev–Trinajstić information content (AvgIpc) is 2.60. The van der Waals surface area contributed by atoms with E-state index in [2.05, 4.69) is 9.71 Å². The van der Waals surface area contributed by atoms with Crippen LogP contribution in [0.2, 0.25) is 5.02 Å². The van der Waals surface area contributed by atoms with Crippen LogP contribution in [0, 0.1) is 6.92 Å². The lowest BCUT2D eigenvalue weighted by Crippen LogP contribution is -2.27. The third kappa shape index (κ3) is 3.75. The molecule has 1 aromatic heterocycles. The zero-order valence-corrected chi connectivity index (χ0v) is 15.7. The molecule has 0 aliphatic heterocycles. The highest BCUT2D eigenvalue weighted by Gasteiger charge is 2.20. The second-order valence-electron chi connectivity index (χ2n) is 5.83. The molecule has 136 valence electrons. The highest BCUT2D eigenvalue weighted by molar-refractivity contribution is 7.89. The van der Waals surface area contributed by atoms with Crippen molar-refractivity contribution < 1.29 is 13.2 Å². The summed E-state index contributed by atoms with van der Waals surface area (Å²) in [6, 6.07) is 11.6. The van der Waals surface area contributed by atoms with Crippen LogP contribution in [0.1, 0.15) is 11.1 Å². The summed E-state index contributed by atoms with van der Waals surface area (Å²) in [5, 5.41) is 1.10. The number of aryl methyl sites for hydroxylation is 1. The van der Waals surface area contributed by atoms with Gasteiger partial charge in [-0.2, -0.15) is 0 Å². The number of nitrogens with one attached hydrogen (secondary N) is 2. The van der Waals surface area contributed by atoms with Gasteiger partial charge in [0.25, 0.3) is 5.56 Å². The summed E-state index contributed by atoms with van der Waals surface area (Å²) < 4.78 is 32.7. The second-order valence-corrected chi connectivity index (χ2v) is 8.01. The first kappa shape index (κ1) is 18.4. The molecule has 0 unspecified atom stereocenters.